The summed E-state index contributed by atoms with van der Waals surface area (Å²) in [4.78, 5) is 16.3. The predicted octanol–water partition coefficient (Wildman–Crippen LogP) is 1.28. The summed E-state index contributed by atoms with van der Waals surface area (Å²) >= 11 is 0. The zero-order valence-corrected chi connectivity index (χ0v) is 14.9. The summed E-state index contributed by atoms with van der Waals surface area (Å²) in [6.45, 7) is 12.4. The summed E-state index contributed by atoms with van der Waals surface area (Å²) < 4.78 is 0. The Morgan fingerprint density at radius 3 is 2.33 bits per heavy atom. The molecule has 0 aromatic carbocycles. The van der Waals surface area contributed by atoms with Crippen molar-refractivity contribution in [1.29, 1.82) is 0 Å². The lowest BCUT2D eigenvalue weighted by molar-refractivity contribution is -0.124. The van der Waals surface area contributed by atoms with E-state index in [4.69, 9.17) is 5.73 Å². The number of nitrogens with zero attached hydrogens (tertiary/aromatic N) is 2. The Hall–Kier alpha value is -0.650. The van der Waals surface area contributed by atoms with Gasteiger partial charge in [0, 0.05) is 12.6 Å². The molecule has 5 nitrogen and oxygen atoms in total. The van der Waals surface area contributed by atoms with Crippen LogP contribution in [0.1, 0.15) is 47.0 Å². The molecule has 1 amide bonds. The third-order valence-electron chi connectivity index (χ3n) is 4.14. The first-order valence-corrected chi connectivity index (χ1v) is 8.20. The fourth-order valence-corrected chi connectivity index (χ4v) is 2.82. The molecule has 0 aliphatic carbocycles. The molecule has 0 aromatic heterocycles. The highest BCUT2D eigenvalue weighted by Gasteiger charge is 2.29. The van der Waals surface area contributed by atoms with Crippen LogP contribution >= 0.6 is 0 Å². The monoisotopic (exact) mass is 300 g/mol. The van der Waals surface area contributed by atoms with Crippen LogP contribution in [0.4, 0.5) is 0 Å². The lowest BCUT2D eigenvalue weighted by atomic mass is 9.94. The van der Waals surface area contributed by atoms with Crippen molar-refractivity contribution in [2.75, 3.05) is 40.3 Å². The van der Waals surface area contributed by atoms with E-state index in [1.807, 2.05) is 13.8 Å². The summed E-state index contributed by atoms with van der Waals surface area (Å²) in [7, 11) is 4.22. The smallest absolute Gasteiger partial charge is 0.237 e. The zero-order valence-electron chi connectivity index (χ0n) is 14.9. The number of amides is 1. The largest absolute Gasteiger partial charge is 0.368 e. The summed E-state index contributed by atoms with van der Waals surface area (Å²) in [6, 6.07) is 0.557. The molecule has 21 heavy (non-hydrogen) atoms. The minimum atomic E-state index is -0.568. The van der Waals surface area contributed by atoms with Gasteiger partial charge in [0.05, 0.1) is 5.54 Å². The molecule has 0 saturated heterocycles. The van der Waals surface area contributed by atoms with Crippen LogP contribution in [0.15, 0.2) is 0 Å². The minimum absolute atomic E-state index is 0.252. The van der Waals surface area contributed by atoms with Crippen molar-refractivity contribution in [2.45, 2.75) is 58.5 Å². The van der Waals surface area contributed by atoms with Gasteiger partial charge < -0.3 is 16.0 Å². The molecule has 0 heterocycles. The Bertz CT molecular complexity index is 296. The lowest BCUT2D eigenvalue weighted by Crippen LogP contribution is -2.53. The first-order valence-electron chi connectivity index (χ1n) is 8.20. The number of nitrogens with two attached hydrogens (primary N) is 1. The molecule has 0 aliphatic heterocycles. The van der Waals surface area contributed by atoms with E-state index in [9.17, 15) is 4.79 Å². The topological polar surface area (TPSA) is 61.6 Å². The molecule has 5 heteroatoms. The molecule has 126 valence electrons. The van der Waals surface area contributed by atoms with Gasteiger partial charge in [0.25, 0.3) is 0 Å². The van der Waals surface area contributed by atoms with Crippen molar-refractivity contribution >= 4 is 5.91 Å². The van der Waals surface area contributed by atoms with Gasteiger partial charge in [-0.25, -0.2) is 0 Å². The fraction of sp³-hybridized carbons (Fsp3) is 0.938. The highest BCUT2D eigenvalue weighted by atomic mass is 16.1. The highest BCUT2D eigenvalue weighted by Crippen LogP contribution is 2.14. The van der Waals surface area contributed by atoms with E-state index in [-0.39, 0.29) is 5.91 Å². The van der Waals surface area contributed by atoms with Gasteiger partial charge in [0.15, 0.2) is 0 Å². The maximum atomic E-state index is 11.6. The average Bonchev–Trinajstić information content (AvgIpc) is 2.37. The SMILES string of the molecule is CCNC(C)(CCCCN(CC)C(C)CN(C)C)C(N)=O. The number of unbranched alkanes of at least 4 members (excludes halogenated alkanes) is 1. The number of primary amides is 1. The van der Waals surface area contributed by atoms with Gasteiger partial charge in [0.1, 0.15) is 0 Å². The van der Waals surface area contributed by atoms with E-state index >= 15 is 0 Å². The van der Waals surface area contributed by atoms with Crippen molar-refractivity contribution in [1.82, 2.24) is 15.1 Å². The van der Waals surface area contributed by atoms with E-state index in [2.05, 4.69) is 43.1 Å². The van der Waals surface area contributed by atoms with E-state index < -0.39 is 5.54 Å². The number of likely N-dealkylation sites (N-methyl/N-ethyl adjacent to an activating group) is 3. The lowest BCUT2D eigenvalue weighted by Gasteiger charge is -2.31. The summed E-state index contributed by atoms with van der Waals surface area (Å²) in [5, 5.41) is 3.21. The molecule has 0 saturated carbocycles. The summed E-state index contributed by atoms with van der Waals surface area (Å²) in [5.41, 5.74) is 4.94. The van der Waals surface area contributed by atoms with Gasteiger partial charge in [0.2, 0.25) is 5.91 Å². The van der Waals surface area contributed by atoms with Crippen LogP contribution < -0.4 is 11.1 Å². The van der Waals surface area contributed by atoms with Crippen molar-refractivity contribution in [2.24, 2.45) is 5.73 Å². The van der Waals surface area contributed by atoms with Crippen molar-refractivity contribution < 1.29 is 4.79 Å². The molecule has 2 unspecified atom stereocenters. The maximum absolute atomic E-state index is 11.6. The number of hydrogen-bond donors (Lipinski definition) is 2. The molecule has 2 atom stereocenters. The van der Waals surface area contributed by atoms with E-state index in [0.29, 0.717) is 6.04 Å². The normalized spacial score (nSPS) is 16.2. The van der Waals surface area contributed by atoms with Gasteiger partial charge in [-0.15, -0.1) is 0 Å². The van der Waals surface area contributed by atoms with Crippen LogP contribution in [0, 0.1) is 0 Å². The minimum Gasteiger partial charge on any atom is -0.368 e. The van der Waals surface area contributed by atoms with Crippen LogP contribution in [0.3, 0.4) is 0 Å². The van der Waals surface area contributed by atoms with Crippen LogP contribution in [0.2, 0.25) is 0 Å². The first kappa shape index (κ1) is 20.3. The van der Waals surface area contributed by atoms with E-state index in [1.54, 1.807) is 0 Å². The van der Waals surface area contributed by atoms with Crippen molar-refractivity contribution in [3.63, 3.8) is 0 Å². The second kappa shape index (κ2) is 10.1. The number of nitrogens with one attached hydrogen (secondary N) is 1. The molecule has 0 rings (SSSR count). The first-order chi connectivity index (χ1) is 9.76. The predicted molar refractivity (Wildman–Crippen MR) is 90.4 cm³/mol. The van der Waals surface area contributed by atoms with E-state index in [1.165, 1.54) is 0 Å². The van der Waals surface area contributed by atoms with Gasteiger partial charge in [-0.2, -0.15) is 0 Å². The number of carbonyl (C=O) groups excluding carboxylic acids is 1. The van der Waals surface area contributed by atoms with Crippen LogP contribution in [-0.2, 0) is 4.79 Å². The molecule has 0 aromatic rings. The molecule has 3 N–H and O–H groups in total. The second-order valence-electron chi connectivity index (χ2n) is 6.42. The van der Waals surface area contributed by atoms with Crippen LogP contribution in [0.5, 0.6) is 0 Å². The Kier molecular flexibility index (Phi) is 9.83. The molecular formula is C16H36N4O. The third-order valence-corrected chi connectivity index (χ3v) is 4.14. The van der Waals surface area contributed by atoms with Crippen molar-refractivity contribution in [3.05, 3.63) is 0 Å². The van der Waals surface area contributed by atoms with E-state index in [0.717, 1.165) is 45.4 Å². The highest BCUT2D eigenvalue weighted by molar-refractivity contribution is 5.84. The standard InChI is InChI=1S/C16H36N4O/c1-7-18-16(4,15(17)21)11-9-10-12-20(8-2)14(3)13-19(5)6/h14,18H,7-13H2,1-6H3,(H2,17,21). The van der Waals surface area contributed by atoms with Gasteiger partial charge >= 0.3 is 0 Å². The molecule has 0 fully saturated rings. The van der Waals surface area contributed by atoms with Crippen LogP contribution in [-0.4, -0.2) is 67.6 Å². The number of carbonyl (C=O) groups is 1. The summed E-state index contributed by atoms with van der Waals surface area (Å²) in [6.07, 6.45) is 2.91. The maximum Gasteiger partial charge on any atom is 0.237 e. The number of hydrogen-bond acceptors (Lipinski definition) is 4. The van der Waals surface area contributed by atoms with Crippen LogP contribution in [0.25, 0.3) is 0 Å². The zero-order chi connectivity index (χ0) is 16.5. The number of rotatable bonds is 12. The quantitative estimate of drug-likeness (QED) is 0.533. The summed E-state index contributed by atoms with van der Waals surface area (Å²) in [5.74, 6) is -0.252. The molecular weight excluding hydrogens is 264 g/mol. The van der Waals surface area contributed by atoms with Gasteiger partial charge in [-0.3, -0.25) is 9.69 Å². The molecule has 0 radical (unpaired) electrons. The Balaban J connectivity index is 4.18. The Morgan fingerprint density at radius 1 is 1.29 bits per heavy atom. The molecule has 0 bridgehead atoms. The third kappa shape index (κ3) is 7.79. The molecule has 0 spiro atoms. The van der Waals surface area contributed by atoms with Gasteiger partial charge in [-0.05, 0) is 66.8 Å². The Labute approximate surface area is 131 Å². The van der Waals surface area contributed by atoms with Gasteiger partial charge in [-0.1, -0.05) is 13.8 Å². The Morgan fingerprint density at radius 2 is 1.90 bits per heavy atom. The molecule has 0 aliphatic rings. The van der Waals surface area contributed by atoms with Crippen molar-refractivity contribution in [3.8, 4) is 0 Å². The average molecular weight is 300 g/mol. The second-order valence-corrected chi connectivity index (χ2v) is 6.42. The fourth-order valence-electron chi connectivity index (χ4n) is 2.82.